The number of carbonyl (C=O) groups excluding carboxylic acids is 2. The van der Waals surface area contributed by atoms with Crippen LogP contribution < -0.4 is 0 Å². The number of rotatable bonds is 3. The van der Waals surface area contributed by atoms with Gasteiger partial charge in [0.05, 0.1) is 0 Å². The molecule has 0 radical (unpaired) electrons. The van der Waals surface area contributed by atoms with Gasteiger partial charge in [0.1, 0.15) is 6.29 Å². The summed E-state index contributed by atoms with van der Waals surface area (Å²) in [4.78, 5) is 25.9. The molecule has 0 spiro atoms. The van der Waals surface area contributed by atoms with Crippen molar-refractivity contribution in [2.75, 3.05) is 27.2 Å². The average Bonchev–Trinajstić information content (AvgIpc) is 2.28. The van der Waals surface area contributed by atoms with Crippen LogP contribution >= 0.6 is 0 Å². The Labute approximate surface area is 103 Å². The van der Waals surface area contributed by atoms with Crippen LogP contribution in [-0.2, 0) is 9.59 Å². The van der Waals surface area contributed by atoms with Crippen molar-refractivity contribution in [1.82, 2.24) is 9.80 Å². The van der Waals surface area contributed by atoms with E-state index in [1.165, 1.54) is 5.70 Å². The lowest BCUT2D eigenvalue weighted by Crippen LogP contribution is -2.37. The number of allylic oxidation sites excluding steroid dienone is 1. The van der Waals surface area contributed by atoms with Gasteiger partial charge >= 0.3 is 0 Å². The Kier molecular flexibility index (Phi) is 4.49. The third-order valence-corrected chi connectivity index (χ3v) is 2.92. The molecule has 94 valence electrons. The van der Waals surface area contributed by atoms with Crippen LogP contribution in [0.25, 0.3) is 0 Å². The van der Waals surface area contributed by atoms with Gasteiger partial charge in [-0.2, -0.15) is 0 Å². The fraction of sp³-hybridized carbons (Fsp3) is 0.538. The van der Waals surface area contributed by atoms with Gasteiger partial charge in [-0.1, -0.05) is 0 Å². The smallest absolute Gasteiger partial charge is 0.219 e. The number of aldehydes is 1. The highest BCUT2D eigenvalue weighted by Gasteiger charge is 2.20. The molecule has 0 atom stereocenters. The van der Waals surface area contributed by atoms with Gasteiger partial charge in [0, 0.05) is 46.2 Å². The third kappa shape index (κ3) is 3.44. The molecule has 1 heterocycles. The van der Waals surface area contributed by atoms with E-state index in [4.69, 9.17) is 0 Å². The van der Waals surface area contributed by atoms with Crippen LogP contribution in [-0.4, -0.2) is 49.2 Å². The Morgan fingerprint density at radius 3 is 2.47 bits per heavy atom. The second-order valence-electron chi connectivity index (χ2n) is 4.56. The molecule has 1 aliphatic rings. The standard InChI is InChI=1S/C13H20N2O2/c1-10(9-16)7-12-8-15(11(2)17)6-5-13(12)14(3)4/h7,9H,5-6,8H2,1-4H3/b10-7-. The monoisotopic (exact) mass is 236 g/mol. The molecular weight excluding hydrogens is 216 g/mol. The first-order valence-electron chi connectivity index (χ1n) is 5.74. The zero-order valence-corrected chi connectivity index (χ0v) is 11.0. The van der Waals surface area contributed by atoms with E-state index < -0.39 is 0 Å². The number of amides is 1. The second kappa shape index (κ2) is 5.66. The van der Waals surface area contributed by atoms with Crippen molar-refractivity contribution >= 4 is 12.2 Å². The van der Waals surface area contributed by atoms with E-state index in [0.717, 1.165) is 24.8 Å². The van der Waals surface area contributed by atoms with Crippen molar-refractivity contribution in [1.29, 1.82) is 0 Å². The molecule has 0 aromatic rings. The molecule has 0 saturated heterocycles. The van der Waals surface area contributed by atoms with Crippen molar-refractivity contribution in [3.8, 4) is 0 Å². The molecule has 1 rings (SSSR count). The summed E-state index contributed by atoms with van der Waals surface area (Å²) in [5.41, 5.74) is 2.94. The molecule has 0 aromatic heterocycles. The molecule has 1 aliphatic heterocycles. The van der Waals surface area contributed by atoms with E-state index in [-0.39, 0.29) is 5.91 Å². The maximum absolute atomic E-state index is 11.4. The SMILES string of the molecule is CC(=O)N1CCC(N(C)C)=C(/C=C(/C)C=O)C1. The molecule has 0 saturated carbocycles. The summed E-state index contributed by atoms with van der Waals surface area (Å²) in [6.07, 6.45) is 3.55. The van der Waals surface area contributed by atoms with E-state index in [1.807, 2.05) is 20.2 Å². The van der Waals surface area contributed by atoms with Crippen LogP contribution in [0.2, 0.25) is 0 Å². The largest absolute Gasteiger partial charge is 0.381 e. The highest BCUT2D eigenvalue weighted by Crippen LogP contribution is 2.21. The van der Waals surface area contributed by atoms with Gasteiger partial charge in [-0.05, 0) is 24.1 Å². The third-order valence-electron chi connectivity index (χ3n) is 2.92. The Morgan fingerprint density at radius 1 is 1.35 bits per heavy atom. The average molecular weight is 236 g/mol. The van der Waals surface area contributed by atoms with Gasteiger partial charge in [-0.25, -0.2) is 0 Å². The van der Waals surface area contributed by atoms with Gasteiger partial charge < -0.3 is 9.80 Å². The van der Waals surface area contributed by atoms with Crippen molar-refractivity contribution in [3.05, 3.63) is 22.9 Å². The van der Waals surface area contributed by atoms with E-state index in [0.29, 0.717) is 12.1 Å². The van der Waals surface area contributed by atoms with Crippen molar-refractivity contribution in [2.24, 2.45) is 0 Å². The molecule has 0 aliphatic carbocycles. The summed E-state index contributed by atoms with van der Waals surface area (Å²) < 4.78 is 0. The lowest BCUT2D eigenvalue weighted by atomic mass is 10.0. The highest BCUT2D eigenvalue weighted by molar-refractivity contribution is 5.75. The van der Waals surface area contributed by atoms with Gasteiger partial charge in [-0.15, -0.1) is 0 Å². The van der Waals surface area contributed by atoms with Crippen LogP contribution in [0.15, 0.2) is 22.9 Å². The molecule has 4 nitrogen and oxygen atoms in total. The van der Waals surface area contributed by atoms with Crippen molar-refractivity contribution in [3.63, 3.8) is 0 Å². The number of hydrogen-bond donors (Lipinski definition) is 0. The van der Waals surface area contributed by atoms with Crippen molar-refractivity contribution in [2.45, 2.75) is 20.3 Å². The molecular formula is C13H20N2O2. The fourth-order valence-electron chi connectivity index (χ4n) is 1.99. The van der Waals surface area contributed by atoms with Crippen LogP contribution in [0.5, 0.6) is 0 Å². The Balaban J connectivity index is 3.04. The summed E-state index contributed by atoms with van der Waals surface area (Å²) in [5, 5.41) is 0. The molecule has 0 N–H and O–H groups in total. The molecule has 0 bridgehead atoms. The van der Waals surface area contributed by atoms with Crippen LogP contribution in [0.3, 0.4) is 0 Å². The first-order valence-corrected chi connectivity index (χ1v) is 5.74. The van der Waals surface area contributed by atoms with E-state index >= 15 is 0 Å². The summed E-state index contributed by atoms with van der Waals surface area (Å²) >= 11 is 0. The van der Waals surface area contributed by atoms with Gasteiger partial charge in [0.25, 0.3) is 0 Å². The molecule has 1 amide bonds. The summed E-state index contributed by atoms with van der Waals surface area (Å²) in [6.45, 7) is 4.70. The van der Waals surface area contributed by atoms with E-state index in [1.54, 1.807) is 18.7 Å². The van der Waals surface area contributed by atoms with Crippen LogP contribution in [0.4, 0.5) is 0 Å². The zero-order valence-electron chi connectivity index (χ0n) is 11.0. The zero-order chi connectivity index (χ0) is 13.0. The number of carbonyl (C=O) groups is 2. The summed E-state index contributed by atoms with van der Waals surface area (Å²) in [6, 6.07) is 0. The second-order valence-corrected chi connectivity index (χ2v) is 4.56. The first kappa shape index (κ1) is 13.5. The topological polar surface area (TPSA) is 40.6 Å². The summed E-state index contributed by atoms with van der Waals surface area (Å²) in [7, 11) is 3.98. The van der Waals surface area contributed by atoms with Gasteiger partial charge in [-0.3, -0.25) is 9.59 Å². The Hall–Kier alpha value is -1.58. The van der Waals surface area contributed by atoms with Crippen LogP contribution in [0.1, 0.15) is 20.3 Å². The Morgan fingerprint density at radius 2 is 2.00 bits per heavy atom. The number of nitrogens with zero attached hydrogens (tertiary/aromatic N) is 2. The molecule has 0 aromatic carbocycles. The minimum Gasteiger partial charge on any atom is -0.381 e. The van der Waals surface area contributed by atoms with Crippen molar-refractivity contribution < 1.29 is 9.59 Å². The lowest BCUT2D eigenvalue weighted by Gasteiger charge is -2.32. The number of hydrogen-bond acceptors (Lipinski definition) is 3. The quantitative estimate of drug-likeness (QED) is 0.546. The molecule has 0 unspecified atom stereocenters. The summed E-state index contributed by atoms with van der Waals surface area (Å²) in [5.74, 6) is 0.0810. The van der Waals surface area contributed by atoms with E-state index in [9.17, 15) is 9.59 Å². The van der Waals surface area contributed by atoms with Crippen LogP contribution in [0, 0.1) is 0 Å². The predicted octanol–water partition coefficient (Wildman–Crippen LogP) is 1.20. The minimum absolute atomic E-state index is 0.0810. The van der Waals surface area contributed by atoms with Gasteiger partial charge in [0.15, 0.2) is 0 Å². The predicted molar refractivity (Wildman–Crippen MR) is 67.4 cm³/mol. The fourth-order valence-corrected chi connectivity index (χ4v) is 1.99. The normalized spacial score (nSPS) is 17.2. The molecule has 0 fully saturated rings. The van der Waals surface area contributed by atoms with Gasteiger partial charge in [0.2, 0.25) is 5.91 Å². The maximum atomic E-state index is 11.4. The molecule has 4 heteroatoms. The molecule has 17 heavy (non-hydrogen) atoms. The lowest BCUT2D eigenvalue weighted by molar-refractivity contribution is -0.128. The van der Waals surface area contributed by atoms with E-state index in [2.05, 4.69) is 4.90 Å². The highest BCUT2D eigenvalue weighted by atomic mass is 16.2. The minimum atomic E-state index is 0.0810. The first-order chi connectivity index (χ1) is 7.95. The Bertz CT molecular complexity index is 381. The maximum Gasteiger partial charge on any atom is 0.219 e.